The highest BCUT2D eigenvalue weighted by molar-refractivity contribution is 8.00. The third-order valence-electron chi connectivity index (χ3n) is 3.10. The van der Waals surface area contributed by atoms with E-state index in [1.807, 2.05) is 24.3 Å². The van der Waals surface area contributed by atoms with Crippen molar-refractivity contribution in [2.75, 3.05) is 11.1 Å². The van der Waals surface area contributed by atoms with Crippen molar-refractivity contribution in [3.8, 4) is 0 Å². The monoisotopic (exact) mass is 379 g/mol. The number of carbonyl (C=O) groups is 1. The third kappa shape index (κ3) is 3.72. The van der Waals surface area contributed by atoms with Crippen LogP contribution < -0.4 is 5.32 Å². The Morgan fingerprint density at radius 2 is 1.92 bits per heavy atom. The molecule has 8 heteroatoms. The van der Waals surface area contributed by atoms with Crippen LogP contribution in [0.25, 0.3) is 10.9 Å². The lowest BCUT2D eigenvalue weighted by Gasteiger charge is -2.11. The molecule has 0 saturated heterocycles. The Morgan fingerprint density at radius 1 is 1.12 bits per heavy atom. The van der Waals surface area contributed by atoms with E-state index in [-0.39, 0.29) is 5.75 Å². The molecule has 5 nitrogen and oxygen atoms in total. The van der Waals surface area contributed by atoms with Crippen molar-refractivity contribution < 1.29 is 9.90 Å². The molecule has 0 aliphatic heterocycles. The lowest BCUT2D eigenvalue weighted by Crippen LogP contribution is -2.02. The highest BCUT2D eigenvalue weighted by Gasteiger charge is 2.12. The van der Waals surface area contributed by atoms with Gasteiger partial charge in [0.15, 0.2) is 0 Å². The molecule has 2 aromatic carbocycles. The Balaban J connectivity index is 2.01. The van der Waals surface area contributed by atoms with Crippen LogP contribution in [0.2, 0.25) is 10.0 Å². The van der Waals surface area contributed by atoms with Crippen LogP contribution in [-0.2, 0) is 4.79 Å². The molecule has 0 atom stereocenters. The summed E-state index contributed by atoms with van der Waals surface area (Å²) in [6.07, 6.45) is 0. The van der Waals surface area contributed by atoms with Crippen molar-refractivity contribution in [3.05, 3.63) is 52.5 Å². The maximum atomic E-state index is 10.9. The summed E-state index contributed by atoms with van der Waals surface area (Å²) in [6, 6.07) is 12.6. The van der Waals surface area contributed by atoms with E-state index in [0.717, 1.165) is 17.1 Å². The summed E-state index contributed by atoms with van der Waals surface area (Å²) in [5.41, 5.74) is 1.29. The number of carboxylic acid groups (broad SMARTS) is 1. The zero-order valence-electron chi connectivity index (χ0n) is 12.2. The van der Waals surface area contributed by atoms with Crippen molar-refractivity contribution in [3.63, 3.8) is 0 Å². The molecule has 24 heavy (non-hydrogen) atoms. The van der Waals surface area contributed by atoms with Crippen LogP contribution in [0, 0.1) is 0 Å². The summed E-state index contributed by atoms with van der Waals surface area (Å²) in [6.45, 7) is 0. The van der Waals surface area contributed by atoms with E-state index >= 15 is 0 Å². The topological polar surface area (TPSA) is 75.1 Å². The largest absolute Gasteiger partial charge is 0.481 e. The van der Waals surface area contributed by atoms with E-state index < -0.39 is 5.97 Å². The summed E-state index contributed by atoms with van der Waals surface area (Å²) in [5, 5.41) is 14.1. The Hall–Kier alpha value is -2.02. The minimum Gasteiger partial charge on any atom is -0.481 e. The molecule has 0 bridgehead atoms. The third-order valence-corrected chi connectivity index (χ3v) is 4.89. The Bertz CT molecular complexity index is 921. The van der Waals surface area contributed by atoms with Crippen molar-refractivity contribution in [2.45, 2.75) is 5.03 Å². The zero-order chi connectivity index (χ0) is 17.1. The van der Waals surface area contributed by atoms with Gasteiger partial charge in [-0.05, 0) is 18.2 Å². The van der Waals surface area contributed by atoms with Crippen LogP contribution >= 0.6 is 35.0 Å². The molecule has 3 aromatic rings. The Morgan fingerprint density at radius 3 is 2.71 bits per heavy atom. The zero-order valence-corrected chi connectivity index (χ0v) is 14.5. The number of anilines is 2. The number of aliphatic carboxylic acids is 1. The number of para-hydroxylation sites is 1. The van der Waals surface area contributed by atoms with Gasteiger partial charge >= 0.3 is 5.97 Å². The van der Waals surface area contributed by atoms with Gasteiger partial charge in [0.25, 0.3) is 0 Å². The molecule has 1 aromatic heterocycles. The predicted molar refractivity (Wildman–Crippen MR) is 97.6 cm³/mol. The van der Waals surface area contributed by atoms with Gasteiger partial charge < -0.3 is 10.4 Å². The van der Waals surface area contributed by atoms with Crippen LogP contribution in [0.15, 0.2) is 47.5 Å². The number of rotatable bonds is 5. The molecular formula is C16H11Cl2N3O2S. The molecule has 0 unspecified atom stereocenters. The highest BCUT2D eigenvalue weighted by Crippen LogP contribution is 2.32. The molecule has 3 rings (SSSR count). The molecule has 0 saturated carbocycles. The fourth-order valence-electron chi connectivity index (χ4n) is 2.06. The van der Waals surface area contributed by atoms with Gasteiger partial charge in [0.05, 0.1) is 27.0 Å². The van der Waals surface area contributed by atoms with E-state index in [2.05, 4.69) is 15.3 Å². The van der Waals surface area contributed by atoms with Crippen molar-refractivity contribution >= 4 is 63.5 Å². The number of hydrogen-bond donors (Lipinski definition) is 2. The van der Waals surface area contributed by atoms with Gasteiger partial charge in [-0.2, -0.15) is 0 Å². The first-order valence-electron chi connectivity index (χ1n) is 6.87. The minimum atomic E-state index is -0.907. The molecule has 2 N–H and O–H groups in total. The summed E-state index contributed by atoms with van der Waals surface area (Å²) >= 11 is 13.3. The number of thioether (sulfide) groups is 1. The maximum Gasteiger partial charge on any atom is 0.313 e. The molecule has 0 radical (unpaired) electrons. The van der Waals surface area contributed by atoms with Gasteiger partial charge in [0.1, 0.15) is 5.03 Å². The minimum absolute atomic E-state index is 0.0850. The molecular weight excluding hydrogens is 369 g/mol. The van der Waals surface area contributed by atoms with Crippen LogP contribution in [0.4, 0.5) is 11.6 Å². The fourth-order valence-corrected chi connectivity index (χ4v) is 3.15. The van der Waals surface area contributed by atoms with E-state index in [1.54, 1.807) is 18.2 Å². The molecule has 0 spiro atoms. The number of nitrogens with zero attached hydrogens (tertiary/aromatic N) is 2. The van der Waals surface area contributed by atoms with Gasteiger partial charge in [-0.1, -0.05) is 59.2 Å². The molecule has 0 aliphatic carbocycles. The van der Waals surface area contributed by atoms with Gasteiger partial charge in [-0.3, -0.25) is 4.79 Å². The standard InChI is InChI=1S/C16H11Cl2N3O2S/c17-10-5-3-7-12(14(10)18)20-16-19-11-6-2-1-4-9(11)15(21-16)24-8-13(22)23/h1-7H,8H2,(H,22,23)(H,19,20,21). The average Bonchev–Trinajstić information content (AvgIpc) is 2.57. The summed E-state index contributed by atoms with van der Waals surface area (Å²) in [4.78, 5) is 19.7. The van der Waals surface area contributed by atoms with Crippen molar-refractivity contribution in [1.82, 2.24) is 9.97 Å². The van der Waals surface area contributed by atoms with E-state index in [9.17, 15) is 4.79 Å². The van der Waals surface area contributed by atoms with Crippen molar-refractivity contribution in [1.29, 1.82) is 0 Å². The van der Waals surface area contributed by atoms with Crippen LogP contribution in [-0.4, -0.2) is 26.8 Å². The first-order chi connectivity index (χ1) is 11.5. The van der Waals surface area contributed by atoms with Crippen LogP contribution in [0.3, 0.4) is 0 Å². The lowest BCUT2D eigenvalue weighted by molar-refractivity contribution is -0.133. The summed E-state index contributed by atoms with van der Waals surface area (Å²) in [5.74, 6) is -0.668. The number of fused-ring (bicyclic) bond motifs is 1. The number of benzene rings is 2. The first-order valence-corrected chi connectivity index (χ1v) is 8.61. The maximum absolute atomic E-state index is 10.9. The molecule has 122 valence electrons. The number of carboxylic acids is 1. The quantitative estimate of drug-likeness (QED) is 0.487. The lowest BCUT2D eigenvalue weighted by atomic mass is 10.2. The molecule has 0 amide bonds. The van der Waals surface area contributed by atoms with Gasteiger partial charge in [-0.15, -0.1) is 0 Å². The first kappa shape index (κ1) is 16.8. The average molecular weight is 380 g/mol. The predicted octanol–water partition coefficient (Wildman–Crippen LogP) is 4.86. The second kappa shape index (κ2) is 7.25. The fraction of sp³-hybridized carbons (Fsp3) is 0.0625. The SMILES string of the molecule is O=C(O)CSc1nc(Nc2cccc(Cl)c2Cl)nc2ccccc12. The molecule has 1 heterocycles. The molecule has 0 fully saturated rings. The Kier molecular flexibility index (Phi) is 5.08. The number of aromatic nitrogens is 2. The number of nitrogens with one attached hydrogen (secondary N) is 1. The smallest absolute Gasteiger partial charge is 0.313 e. The summed E-state index contributed by atoms with van der Waals surface area (Å²) < 4.78 is 0. The Labute approximate surface area is 152 Å². The molecule has 0 aliphatic rings. The second-order valence-corrected chi connectivity index (χ2v) is 6.53. The van der Waals surface area contributed by atoms with Gasteiger partial charge in [0, 0.05) is 5.39 Å². The highest BCUT2D eigenvalue weighted by atomic mass is 35.5. The van der Waals surface area contributed by atoms with Gasteiger partial charge in [-0.25, -0.2) is 9.97 Å². The second-order valence-electron chi connectivity index (χ2n) is 4.78. The van der Waals surface area contributed by atoms with E-state index in [4.69, 9.17) is 28.3 Å². The number of halogens is 2. The van der Waals surface area contributed by atoms with Crippen LogP contribution in [0.5, 0.6) is 0 Å². The van der Waals surface area contributed by atoms with Gasteiger partial charge in [0.2, 0.25) is 5.95 Å². The number of hydrogen-bond acceptors (Lipinski definition) is 5. The summed E-state index contributed by atoms with van der Waals surface area (Å²) in [7, 11) is 0. The van der Waals surface area contributed by atoms with Crippen molar-refractivity contribution in [2.24, 2.45) is 0 Å². The normalized spacial score (nSPS) is 10.8. The van der Waals surface area contributed by atoms with E-state index in [0.29, 0.717) is 32.2 Å². The van der Waals surface area contributed by atoms with E-state index in [1.165, 1.54) is 0 Å². The van der Waals surface area contributed by atoms with Crippen LogP contribution in [0.1, 0.15) is 0 Å².